The van der Waals surface area contributed by atoms with Crippen molar-refractivity contribution >= 4 is 23.1 Å². The third kappa shape index (κ3) is 2.51. The second-order valence-corrected chi connectivity index (χ2v) is 4.78. The van der Waals surface area contributed by atoms with Crippen molar-refractivity contribution in [1.29, 1.82) is 0 Å². The molecule has 0 aliphatic heterocycles. The van der Waals surface area contributed by atoms with Crippen LogP contribution in [0.4, 0.5) is 0 Å². The van der Waals surface area contributed by atoms with E-state index in [4.69, 9.17) is 9.52 Å². The van der Waals surface area contributed by atoms with Crippen molar-refractivity contribution in [2.45, 2.75) is 18.4 Å². The van der Waals surface area contributed by atoms with Crippen LogP contribution in [-0.4, -0.2) is 28.1 Å². The van der Waals surface area contributed by atoms with Gasteiger partial charge in [-0.25, -0.2) is 4.98 Å². The molecule has 1 fully saturated rings. The minimum Gasteiger partial charge on any atom is -0.437 e. The molecule has 2 aromatic rings. The van der Waals surface area contributed by atoms with Crippen molar-refractivity contribution in [3.8, 4) is 0 Å². The second-order valence-electron chi connectivity index (χ2n) is 4.78. The molecule has 3 rings (SSSR count). The van der Waals surface area contributed by atoms with Crippen LogP contribution in [0.15, 0.2) is 34.8 Å². The molecule has 1 aliphatic carbocycles. The van der Waals surface area contributed by atoms with E-state index < -0.39 is 5.54 Å². The summed E-state index contributed by atoms with van der Waals surface area (Å²) in [5.74, 6) is 0.152. The SMILES string of the molecule is O=C(/C=C/c1nc2ccccc2o1)NC1(CO)CC1. The number of fused-ring (bicyclic) bond motifs is 1. The van der Waals surface area contributed by atoms with Crippen molar-refractivity contribution in [2.75, 3.05) is 6.61 Å². The van der Waals surface area contributed by atoms with E-state index in [0.29, 0.717) is 11.5 Å². The van der Waals surface area contributed by atoms with Crippen LogP contribution in [0.1, 0.15) is 18.7 Å². The molecular formula is C14H14N2O3. The molecule has 0 unspecified atom stereocenters. The van der Waals surface area contributed by atoms with Crippen molar-refractivity contribution in [1.82, 2.24) is 10.3 Å². The quantitative estimate of drug-likeness (QED) is 0.814. The summed E-state index contributed by atoms with van der Waals surface area (Å²) in [4.78, 5) is 15.9. The number of rotatable bonds is 4. The van der Waals surface area contributed by atoms with Crippen LogP contribution in [-0.2, 0) is 4.79 Å². The lowest BCUT2D eigenvalue weighted by Gasteiger charge is -2.11. The highest BCUT2D eigenvalue weighted by Gasteiger charge is 2.42. The third-order valence-corrected chi connectivity index (χ3v) is 3.23. The number of aliphatic hydroxyl groups is 1. The van der Waals surface area contributed by atoms with E-state index in [1.165, 1.54) is 12.2 Å². The number of aliphatic hydroxyl groups excluding tert-OH is 1. The van der Waals surface area contributed by atoms with Crippen molar-refractivity contribution in [2.24, 2.45) is 0 Å². The van der Waals surface area contributed by atoms with Gasteiger partial charge in [0.15, 0.2) is 5.58 Å². The summed E-state index contributed by atoms with van der Waals surface area (Å²) in [6, 6.07) is 7.42. The summed E-state index contributed by atoms with van der Waals surface area (Å²) >= 11 is 0. The first-order chi connectivity index (χ1) is 9.21. The Hall–Kier alpha value is -2.14. The Morgan fingerprint density at radius 3 is 2.95 bits per heavy atom. The van der Waals surface area contributed by atoms with Gasteiger partial charge in [-0.2, -0.15) is 0 Å². The van der Waals surface area contributed by atoms with Gasteiger partial charge in [0.2, 0.25) is 11.8 Å². The van der Waals surface area contributed by atoms with Gasteiger partial charge < -0.3 is 14.8 Å². The minimum absolute atomic E-state index is 0.0184. The Labute approximate surface area is 109 Å². The molecule has 5 nitrogen and oxygen atoms in total. The number of oxazole rings is 1. The number of nitrogens with zero attached hydrogens (tertiary/aromatic N) is 1. The van der Waals surface area contributed by atoms with E-state index in [9.17, 15) is 4.79 Å². The molecule has 1 heterocycles. The smallest absolute Gasteiger partial charge is 0.244 e. The molecule has 0 saturated heterocycles. The maximum Gasteiger partial charge on any atom is 0.244 e. The number of benzene rings is 1. The van der Waals surface area contributed by atoms with Gasteiger partial charge >= 0.3 is 0 Å². The predicted molar refractivity (Wildman–Crippen MR) is 70.2 cm³/mol. The molecule has 0 bridgehead atoms. The largest absolute Gasteiger partial charge is 0.437 e. The minimum atomic E-state index is -0.400. The fourth-order valence-corrected chi connectivity index (χ4v) is 1.88. The zero-order valence-corrected chi connectivity index (χ0v) is 10.3. The van der Waals surface area contributed by atoms with Crippen molar-refractivity contribution in [3.63, 3.8) is 0 Å². The standard InChI is InChI=1S/C14H14N2O3/c17-9-14(7-8-14)16-12(18)5-6-13-15-10-3-1-2-4-11(10)19-13/h1-6,17H,7-9H2,(H,16,18)/b6-5+. The van der Waals surface area contributed by atoms with Crippen LogP contribution in [0.25, 0.3) is 17.2 Å². The zero-order chi connectivity index (χ0) is 13.3. The van der Waals surface area contributed by atoms with Gasteiger partial charge in [0, 0.05) is 12.2 Å². The summed E-state index contributed by atoms with van der Waals surface area (Å²) < 4.78 is 5.46. The summed E-state index contributed by atoms with van der Waals surface area (Å²) in [5.41, 5.74) is 1.05. The van der Waals surface area contributed by atoms with E-state index in [1.807, 2.05) is 24.3 Å². The van der Waals surface area contributed by atoms with Gasteiger partial charge in [-0.05, 0) is 25.0 Å². The molecule has 0 spiro atoms. The third-order valence-electron chi connectivity index (χ3n) is 3.23. The molecule has 1 saturated carbocycles. The topological polar surface area (TPSA) is 75.4 Å². The first-order valence-electron chi connectivity index (χ1n) is 6.17. The van der Waals surface area contributed by atoms with E-state index >= 15 is 0 Å². The normalized spacial score (nSPS) is 16.9. The van der Waals surface area contributed by atoms with Gasteiger partial charge in [-0.15, -0.1) is 0 Å². The van der Waals surface area contributed by atoms with Crippen LogP contribution >= 0.6 is 0 Å². The summed E-state index contributed by atoms with van der Waals surface area (Å²) in [6.07, 6.45) is 4.56. The van der Waals surface area contributed by atoms with Crippen molar-refractivity contribution < 1.29 is 14.3 Å². The first kappa shape index (κ1) is 11.9. The van der Waals surface area contributed by atoms with Crippen LogP contribution in [0.3, 0.4) is 0 Å². The maximum absolute atomic E-state index is 11.7. The highest BCUT2D eigenvalue weighted by molar-refractivity contribution is 5.92. The maximum atomic E-state index is 11.7. The molecule has 1 aromatic heterocycles. The van der Waals surface area contributed by atoms with Crippen molar-refractivity contribution in [3.05, 3.63) is 36.2 Å². The molecule has 98 valence electrons. The zero-order valence-electron chi connectivity index (χ0n) is 10.3. The first-order valence-corrected chi connectivity index (χ1v) is 6.17. The number of para-hydroxylation sites is 2. The Morgan fingerprint density at radius 1 is 1.47 bits per heavy atom. The molecule has 1 amide bonds. The molecule has 1 aromatic carbocycles. The number of hydrogen-bond acceptors (Lipinski definition) is 4. The highest BCUT2D eigenvalue weighted by Crippen LogP contribution is 2.34. The summed E-state index contributed by atoms with van der Waals surface area (Å²) in [6.45, 7) is -0.0184. The summed E-state index contributed by atoms with van der Waals surface area (Å²) in [5, 5.41) is 11.9. The lowest BCUT2D eigenvalue weighted by Crippen LogP contribution is -2.38. The van der Waals surface area contributed by atoms with E-state index in [0.717, 1.165) is 18.4 Å². The number of amides is 1. The highest BCUT2D eigenvalue weighted by atomic mass is 16.3. The predicted octanol–water partition coefficient (Wildman–Crippen LogP) is 1.48. The van der Waals surface area contributed by atoms with E-state index in [2.05, 4.69) is 10.3 Å². The van der Waals surface area contributed by atoms with Crippen LogP contribution in [0, 0.1) is 0 Å². The summed E-state index contributed by atoms with van der Waals surface area (Å²) in [7, 11) is 0. The number of carbonyl (C=O) groups excluding carboxylic acids is 1. The molecule has 1 aliphatic rings. The molecule has 0 atom stereocenters. The van der Waals surface area contributed by atoms with E-state index in [1.54, 1.807) is 0 Å². The number of carbonyl (C=O) groups is 1. The number of hydrogen-bond donors (Lipinski definition) is 2. The molecule has 19 heavy (non-hydrogen) atoms. The van der Waals surface area contributed by atoms with E-state index in [-0.39, 0.29) is 12.5 Å². The molecule has 5 heteroatoms. The number of nitrogens with one attached hydrogen (secondary N) is 1. The molecular weight excluding hydrogens is 244 g/mol. The van der Waals surface area contributed by atoms with Gasteiger partial charge in [0.05, 0.1) is 12.1 Å². The van der Waals surface area contributed by atoms with Crippen LogP contribution < -0.4 is 5.32 Å². The lowest BCUT2D eigenvalue weighted by molar-refractivity contribution is -0.117. The molecule has 0 radical (unpaired) electrons. The number of aromatic nitrogens is 1. The van der Waals surface area contributed by atoms with Gasteiger partial charge in [-0.1, -0.05) is 12.1 Å². The lowest BCUT2D eigenvalue weighted by atomic mass is 10.3. The second kappa shape index (κ2) is 4.51. The van der Waals surface area contributed by atoms with Gasteiger partial charge in [-0.3, -0.25) is 4.79 Å². The van der Waals surface area contributed by atoms with Crippen LogP contribution in [0.2, 0.25) is 0 Å². The van der Waals surface area contributed by atoms with Gasteiger partial charge in [0.25, 0.3) is 0 Å². The van der Waals surface area contributed by atoms with Gasteiger partial charge in [0.1, 0.15) is 5.52 Å². The Kier molecular flexibility index (Phi) is 2.83. The fraction of sp³-hybridized carbons (Fsp3) is 0.286. The Bertz CT molecular complexity index is 608. The fourth-order valence-electron chi connectivity index (χ4n) is 1.88. The Morgan fingerprint density at radius 2 is 2.26 bits per heavy atom. The monoisotopic (exact) mass is 258 g/mol. The average molecular weight is 258 g/mol. The Balaban J connectivity index is 1.70. The average Bonchev–Trinajstić information content (AvgIpc) is 3.06. The van der Waals surface area contributed by atoms with Crippen LogP contribution in [0.5, 0.6) is 0 Å². The molecule has 2 N–H and O–H groups in total.